The average molecular weight is 369 g/mol. The number of amides is 1. The van der Waals surface area contributed by atoms with Gasteiger partial charge in [-0.2, -0.15) is 0 Å². The van der Waals surface area contributed by atoms with Crippen molar-refractivity contribution in [2.45, 2.75) is 6.61 Å². The largest absolute Gasteiger partial charge is 0.497 e. The van der Waals surface area contributed by atoms with Crippen molar-refractivity contribution in [3.05, 3.63) is 70.4 Å². The predicted molar refractivity (Wildman–Crippen MR) is 103 cm³/mol. The van der Waals surface area contributed by atoms with Crippen LogP contribution in [0.15, 0.2) is 60.0 Å². The zero-order valence-electron chi connectivity index (χ0n) is 14.5. The fourth-order valence-corrected chi connectivity index (χ4v) is 3.00. The summed E-state index contributed by atoms with van der Waals surface area (Å²) in [5, 5.41) is 4.86. The van der Waals surface area contributed by atoms with Gasteiger partial charge in [0.1, 0.15) is 23.9 Å². The van der Waals surface area contributed by atoms with Gasteiger partial charge in [-0.25, -0.2) is 0 Å². The van der Waals surface area contributed by atoms with E-state index in [1.54, 1.807) is 62.0 Å². The molecule has 0 atom stereocenters. The fourth-order valence-electron chi connectivity index (χ4n) is 2.38. The second-order valence-corrected chi connectivity index (χ2v) is 6.45. The van der Waals surface area contributed by atoms with E-state index in [0.29, 0.717) is 35.1 Å². The lowest BCUT2D eigenvalue weighted by Crippen LogP contribution is -2.13. The molecule has 0 radical (unpaired) electrons. The van der Waals surface area contributed by atoms with Crippen molar-refractivity contribution in [1.29, 1.82) is 0 Å². The third kappa shape index (κ3) is 4.34. The van der Waals surface area contributed by atoms with Crippen LogP contribution in [0.3, 0.4) is 0 Å². The van der Waals surface area contributed by atoms with Gasteiger partial charge < -0.3 is 19.5 Å². The number of carbonyl (C=O) groups is 1. The number of anilines is 1. The number of rotatable bonds is 7. The minimum absolute atomic E-state index is 0.252. The summed E-state index contributed by atoms with van der Waals surface area (Å²) in [6, 6.07) is 16.3. The van der Waals surface area contributed by atoms with Crippen LogP contribution in [0, 0.1) is 0 Å². The molecule has 3 rings (SSSR count). The molecule has 26 heavy (non-hydrogen) atoms. The molecule has 1 aromatic heterocycles. The smallest absolute Gasteiger partial charge is 0.255 e. The van der Waals surface area contributed by atoms with Gasteiger partial charge >= 0.3 is 0 Å². The van der Waals surface area contributed by atoms with E-state index in [9.17, 15) is 4.79 Å². The van der Waals surface area contributed by atoms with E-state index < -0.39 is 0 Å². The quantitative estimate of drug-likeness (QED) is 0.661. The van der Waals surface area contributed by atoms with Crippen molar-refractivity contribution in [1.82, 2.24) is 0 Å². The van der Waals surface area contributed by atoms with Crippen molar-refractivity contribution in [3.63, 3.8) is 0 Å². The van der Waals surface area contributed by atoms with Crippen molar-refractivity contribution in [2.75, 3.05) is 19.5 Å². The molecule has 0 unspecified atom stereocenters. The van der Waals surface area contributed by atoms with Crippen LogP contribution in [0.2, 0.25) is 0 Å². The van der Waals surface area contributed by atoms with Crippen LogP contribution in [0.25, 0.3) is 0 Å². The molecule has 1 heterocycles. The van der Waals surface area contributed by atoms with Crippen molar-refractivity contribution in [2.24, 2.45) is 0 Å². The molecule has 3 aromatic rings. The normalized spacial score (nSPS) is 10.2. The van der Waals surface area contributed by atoms with E-state index in [1.807, 2.05) is 23.6 Å². The molecular weight excluding hydrogens is 350 g/mol. The van der Waals surface area contributed by atoms with E-state index in [2.05, 4.69) is 5.32 Å². The Kier molecular flexibility index (Phi) is 5.76. The van der Waals surface area contributed by atoms with Gasteiger partial charge in [0.05, 0.1) is 19.9 Å². The highest BCUT2D eigenvalue weighted by molar-refractivity contribution is 7.09. The predicted octanol–water partition coefficient (Wildman–Crippen LogP) is 4.60. The number of hydrogen-bond acceptors (Lipinski definition) is 5. The van der Waals surface area contributed by atoms with Gasteiger partial charge in [0.2, 0.25) is 0 Å². The average Bonchev–Trinajstić information content (AvgIpc) is 3.20. The molecule has 0 aliphatic heterocycles. The minimum atomic E-state index is -0.252. The molecule has 134 valence electrons. The van der Waals surface area contributed by atoms with Crippen LogP contribution in [-0.4, -0.2) is 20.1 Å². The molecule has 0 bridgehead atoms. The maximum Gasteiger partial charge on any atom is 0.255 e. The first-order valence-corrected chi connectivity index (χ1v) is 8.86. The zero-order chi connectivity index (χ0) is 18.4. The lowest BCUT2D eigenvalue weighted by Gasteiger charge is -2.12. The number of ether oxygens (including phenoxy) is 3. The summed E-state index contributed by atoms with van der Waals surface area (Å²) >= 11 is 1.63. The zero-order valence-corrected chi connectivity index (χ0v) is 15.3. The second-order valence-electron chi connectivity index (χ2n) is 5.42. The molecule has 6 heteroatoms. The lowest BCUT2D eigenvalue weighted by atomic mass is 10.2. The Morgan fingerprint density at radius 2 is 1.88 bits per heavy atom. The van der Waals surface area contributed by atoms with Crippen molar-refractivity contribution < 1.29 is 19.0 Å². The number of carbonyl (C=O) groups excluding carboxylic acids is 1. The monoisotopic (exact) mass is 369 g/mol. The molecule has 0 aliphatic rings. The Hall–Kier alpha value is -2.99. The second kappa shape index (κ2) is 8.40. The van der Waals surface area contributed by atoms with Gasteiger partial charge in [-0.05, 0) is 41.8 Å². The molecule has 0 saturated heterocycles. The summed E-state index contributed by atoms with van der Waals surface area (Å²) in [4.78, 5) is 13.7. The van der Waals surface area contributed by atoms with Gasteiger partial charge in [-0.15, -0.1) is 11.3 Å². The summed E-state index contributed by atoms with van der Waals surface area (Å²) in [5.74, 6) is 1.58. The fraction of sp³-hybridized carbons (Fsp3) is 0.150. The van der Waals surface area contributed by atoms with Gasteiger partial charge in [0.25, 0.3) is 5.91 Å². The highest BCUT2D eigenvalue weighted by Gasteiger charge is 2.12. The standard InChI is InChI=1S/C20H19NO4S/c1-23-15-8-9-19(24-2)18(12-15)21-20(22)14-5-3-6-16(11-14)25-13-17-7-4-10-26-17/h3-12H,13H2,1-2H3,(H,21,22). The Morgan fingerprint density at radius 1 is 1.00 bits per heavy atom. The molecule has 0 aliphatic carbocycles. The first-order valence-electron chi connectivity index (χ1n) is 7.98. The summed E-state index contributed by atoms with van der Waals surface area (Å²) in [5.41, 5.74) is 1.04. The Balaban J connectivity index is 1.73. The summed E-state index contributed by atoms with van der Waals surface area (Å²) in [6.07, 6.45) is 0. The highest BCUT2D eigenvalue weighted by Crippen LogP contribution is 2.29. The molecule has 0 spiro atoms. The molecular formula is C20H19NO4S. The minimum Gasteiger partial charge on any atom is -0.497 e. The summed E-state index contributed by atoms with van der Waals surface area (Å²) in [6.45, 7) is 0.479. The van der Waals surface area contributed by atoms with Gasteiger partial charge in [-0.1, -0.05) is 12.1 Å². The van der Waals surface area contributed by atoms with Crippen LogP contribution in [0.5, 0.6) is 17.2 Å². The number of thiophene rings is 1. The van der Waals surface area contributed by atoms with Gasteiger partial charge in [0.15, 0.2) is 0 Å². The first kappa shape index (κ1) is 17.8. The summed E-state index contributed by atoms with van der Waals surface area (Å²) < 4.78 is 16.3. The van der Waals surface area contributed by atoms with Crippen molar-refractivity contribution >= 4 is 22.9 Å². The maximum atomic E-state index is 12.6. The maximum absolute atomic E-state index is 12.6. The van der Waals surface area contributed by atoms with E-state index in [-0.39, 0.29) is 5.91 Å². The number of methoxy groups -OCH3 is 2. The van der Waals surface area contributed by atoms with Crippen LogP contribution >= 0.6 is 11.3 Å². The van der Waals surface area contributed by atoms with Crippen LogP contribution in [-0.2, 0) is 6.61 Å². The van der Waals surface area contributed by atoms with E-state index in [0.717, 1.165) is 4.88 Å². The number of hydrogen-bond donors (Lipinski definition) is 1. The van der Waals surface area contributed by atoms with Crippen LogP contribution < -0.4 is 19.5 Å². The first-order chi connectivity index (χ1) is 12.7. The topological polar surface area (TPSA) is 56.8 Å². The summed E-state index contributed by atoms with van der Waals surface area (Å²) in [7, 11) is 3.12. The highest BCUT2D eigenvalue weighted by atomic mass is 32.1. The third-order valence-corrected chi connectivity index (χ3v) is 4.56. The van der Waals surface area contributed by atoms with E-state index in [1.165, 1.54) is 0 Å². The van der Waals surface area contributed by atoms with Gasteiger partial charge in [-0.3, -0.25) is 4.79 Å². The van der Waals surface area contributed by atoms with Crippen LogP contribution in [0.1, 0.15) is 15.2 Å². The SMILES string of the molecule is COc1ccc(OC)c(NC(=O)c2cccc(OCc3cccs3)c2)c1. The molecule has 1 amide bonds. The van der Waals surface area contributed by atoms with E-state index >= 15 is 0 Å². The molecule has 5 nitrogen and oxygen atoms in total. The molecule has 0 saturated carbocycles. The molecule has 1 N–H and O–H groups in total. The Bertz CT molecular complexity index is 877. The molecule has 0 fully saturated rings. The van der Waals surface area contributed by atoms with Crippen LogP contribution in [0.4, 0.5) is 5.69 Å². The van der Waals surface area contributed by atoms with Crippen molar-refractivity contribution in [3.8, 4) is 17.2 Å². The molecule has 2 aromatic carbocycles. The third-order valence-electron chi connectivity index (χ3n) is 3.71. The Labute approximate surface area is 156 Å². The Morgan fingerprint density at radius 3 is 2.62 bits per heavy atom. The lowest BCUT2D eigenvalue weighted by molar-refractivity contribution is 0.102. The number of nitrogens with one attached hydrogen (secondary N) is 1. The van der Waals surface area contributed by atoms with E-state index in [4.69, 9.17) is 14.2 Å². The number of benzene rings is 2. The van der Waals surface area contributed by atoms with Gasteiger partial charge in [0, 0.05) is 16.5 Å².